The molecule has 2 rings (SSSR count). The standard InChI is InChI=1S/C11H13NS/c1-3-8-4-5-9-6-10(12)13-11(9)7(8)2/h4-6H,3,12H2,1-2H3. The molecule has 2 aromatic rings. The Hall–Kier alpha value is -1.02. The van der Waals surface area contributed by atoms with Crippen LogP contribution < -0.4 is 5.73 Å². The molecular weight excluding hydrogens is 178 g/mol. The molecule has 13 heavy (non-hydrogen) atoms. The Morgan fingerprint density at radius 3 is 2.85 bits per heavy atom. The van der Waals surface area contributed by atoms with Gasteiger partial charge in [-0.3, -0.25) is 0 Å². The summed E-state index contributed by atoms with van der Waals surface area (Å²) < 4.78 is 1.34. The number of thiophene rings is 1. The molecule has 0 aliphatic heterocycles. The van der Waals surface area contributed by atoms with Gasteiger partial charge in [-0.05, 0) is 35.9 Å². The van der Waals surface area contributed by atoms with Crippen molar-refractivity contribution in [2.75, 3.05) is 5.73 Å². The predicted molar refractivity (Wildman–Crippen MR) is 60.4 cm³/mol. The van der Waals surface area contributed by atoms with E-state index in [1.807, 2.05) is 6.07 Å². The Bertz CT molecular complexity index is 443. The second kappa shape index (κ2) is 3.04. The summed E-state index contributed by atoms with van der Waals surface area (Å²) in [6, 6.07) is 6.41. The van der Waals surface area contributed by atoms with E-state index < -0.39 is 0 Å². The van der Waals surface area contributed by atoms with Crippen LogP contribution in [0.15, 0.2) is 18.2 Å². The fourth-order valence-corrected chi connectivity index (χ4v) is 2.64. The molecule has 0 aliphatic carbocycles. The largest absolute Gasteiger partial charge is 0.391 e. The van der Waals surface area contributed by atoms with E-state index >= 15 is 0 Å². The summed E-state index contributed by atoms with van der Waals surface area (Å²) >= 11 is 1.69. The number of hydrogen-bond donors (Lipinski definition) is 1. The maximum atomic E-state index is 5.77. The van der Waals surface area contributed by atoms with Gasteiger partial charge in [0.25, 0.3) is 0 Å². The summed E-state index contributed by atoms with van der Waals surface area (Å²) in [4.78, 5) is 0. The zero-order chi connectivity index (χ0) is 9.42. The fraction of sp³-hybridized carbons (Fsp3) is 0.273. The van der Waals surface area contributed by atoms with Crippen LogP contribution in [0.1, 0.15) is 18.1 Å². The molecule has 0 radical (unpaired) electrons. The van der Waals surface area contributed by atoms with Gasteiger partial charge in [-0.25, -0.2) is 0 Å². The average molecular weight is 191 g/mol. The molecular formula is C11H13NS. The van der Waals surface area contributed by atoms with Gasteiger partial charge in [-0.2, -0.15) is 0 Å². The predicted octanol–water partition coefficient (Wildman–Crippen LogP) is 3.35. The van der Waals surface area contributed by atoms with Gasteiger partial charge < -0.3 is 5.73 Å². The van der Waals surface area contributed by atoms with Gasteiger partial charge >= 0.3 is 0 Å². The van der Waals surface area contributed by atoms with E-state index in [2.05, 4.69) is 26.0 Å². The first-order chi connectivity index (χ1) is 6.22. The Morgan fingerprint density at radius 2 is 2.15 bits per heavy atom. The zero-order valence-electron chi connectivity index (χ0n) is 7.92. The third-order valence-electron chi connectivity index (χ3n) is 2.45. The molecule has 0 atom stereocenters. The first-order valence-corrected chi connectivity index (χ1v) is 5.31. The highest BCUT2D eigenvalue weighted by molar-refractivity contribution is 7.22. The molecule has 0 aliphatic rings. The fourth-order valence-electron chi connectivity index (χ4n) is 1.69. The van der Waals surface area contributed by atoms with Crippen molar-refractivity contribution in [2.45, 2.75) is 20.3 Å². The van der Waals surface area contributed by atoms with Gasteiger partial charge in [0.05, 0.1) is 5.00 Å². The smallest absolute Gasteiger partial charge is 0.0868 e. The van der Waals surface area contributed by atoms with Crippen molar-refractivity contribution in [3.8, 4) is 0 Å². The molecule has 1 aromatic heterocycles. The molecule has 0 saturated heterocycles. The molecule has 1 heterocycles. The van der Waals surface area contributed by atoms with Gasteiger partial charge in [0.2, 0.25) is 0 Å². The van der Waals surface area contributed by atoms with E-state index in [4.69, 9.17) is 5.73 Å². The first kappa shape index (κ1) is 8.57. The van der Waals surface area contributed by atoms with Gasteiger partial charge in [0.1, 0.15) is 0 Å². The van der Waals surface area contributed by atoms with Crippen molar-refractivity contribution in [2.24, 2.45) is 0 Å². The lowest BCUT2D eigenvalue weighted by atomic mass is 10.0. The van der Waals surface area contributed by atoms with E-state index in [1.54, 1.807) is 11.3 Å². The van der Waals surface area contributed by atoms with Crippen LogP contribution in [0.25, 0.3) is 10.1 Å². The summed E-state index contributed by atoms with van der Waals surface area (Å²) in [6.45, 7) is 4.36. The molecule has 0 unspecified atom stereocenters. The van der Waals surface area contributed by atoms with Crippen molar-refractivity contribution in [1.82, 2.24) is 0 Å². The summed E-state index contributed by atoms with van der Waals surface area (Å²) in [6.07, 6.45) is 1.10. The molecule has 0 amide bonds. The minimum Gasteiger partial charge on any atom is -0.391 e. The van der Waals surface area contributed by atoms with Gasteiger partial charge in [0, 0.05) is 4.70 Å². The summed E-state index contributed by atoms with van der Waals surface area (Å²) in [7, 11) is 0. The first-order valence-electron chi connectivity index (χ1n) is 4.50. The van der Waals surface area contributed by atoms with Crippen LogP contribution in [0.5, 0.6) is 0 Å². The summed E-state index contributed by atoms with van der Waals surface area (Å²) in [5.41, 5.74) is 8.59. The lowest BCUT2D eigenvalue weighted by Crippen LogP contribution is -1.84. The molecule has 2 N–H and O–H groups in total. The second-order valence-corrected chi connectivity index (χ2v) is 4.35. The highest BCUT2D eigenvalue weighted by Crippen LogP contribution is 2.31. The van der Waals surface area contributed by atoms with Crippen LogP contribution in [0.2, 0.25) is 0 Å². The zero-order valence-corrected chi connectivity index (χ0v) is 8.74. The number of nitrogen functional groups attached to an aromatic ring is 1. The van der Waals surface area contributed by atoms with E-state index in [9.17, 15) is 0 Å². The Balaban J connectivity index is 2.78. The Morgan fingerprint density at radius 1 is 1.38 bits per heavy atom. The van der Waals surface area contributed by atoms with Crippen LogP contribution in [0.3, 0.4) is 0 Å². The van der Waals surface area contributed by atoms with Crippen molar-refractivity contribution in [3.05, 3.63) is 29.3 Å². The van der Waals surface area contributed by atoms with Crippen molar-refractivity contribution in [1.29, 1.82) is 0 Å². The van der Waals surface area contributed by atoms with Gasteiger partial charge in [0.15, 0.2) is 0 Å². The van der Waals surface area contributed by atoms with E-state index in [1.165, 1.54) is 21.2 Å². The average Bonchev–Trinajstić information content (AvgIpc) is 2.47. The second-order valence-electron chi connectivity index (χ2n) is 3.27. The van der Waals surface area contributed by atoms with Crippen molar-refractivity contribution < 1.29 is 0 Å². The van der Waals surface area contributed by atoms with Crippen LogP contribution in [-0.2, 0) is 6.42 Å². The van der Waals surface area contributed by atoms with Crippen molar-refractivity contribution in [3.63, 3.8) is 0 Å². The number of benzene rings is 1. The number of anilines is 1. The number of rotatable bonds is 1. The van der Waals surface area contributed by atoms with Crippen LogP contribution in [0, 0.1) is 6.92 Å². The number of hydrogen-bond acceptors (Lipinski definition) is 2. The normalized spacial score (nSPS) is 10.9. The van der Waals surface area contributed by atoms with E-state index in [-0.39, 0.29) is 0 Å². The lowest BCUT2D eigenvalue weighted by Gasteiger charge is -2.02. The number of nitrogens with two attached hydrogens (primary N) is 1. The Labute approximate surface area is 82.2 Å². The quantitative estimate of drug-likeness (QED) is 0.735. The highest BCUT2D eigenvalue weighted by atomic mass is 32.1. The minimum atomic E-state index is 0.909. The van der Waals surface area contributed by atoms with E-state index in [0.717, 1.165) is 11.4 Å². The van der Waals surface area contributed by atoms with E-state index in [0.29, 0.717) is 0 Å². The highest BCUT2D eigenvalue weighted by Gasteiger charge is 2.04. The number of aryl methyl sites for hydroxylation is 2. The van der Waals surface area contributed by atoms with Crippen LogP contribution >= 0.6 is 11.3 Å². The molecule has 0 bridgehead atoms. The third kappa shape index (κ3) is 1.31. The monoisotopic (exact) mass is 191 g/mol. The molecule has 2 heteroatoms. The molecule has 0 fully saturated rings. The number of fused-ring (bicyclic) bond motifs is 1. The van der Waals surface area contributed by atoms with Gasteiger partial charge in [-0.15, -0.1) is 11.3 Å². The Kier molecular flexibility index (Phi) is 2.00. The molecule has 0 spiro atoms. The third-order valence-corrected chi connectivity index (χ3v) is 3.55. The SMILES string of the molecule is CCc1ccc2cc(N)sc2c1C. The lowest BCUT2D eigenvalue weighted by molar-refractivity contribution is 1.12. The molecule has 0 saturated carbocycles. The molecule has 68 valence electrons. The topological polar surface area (TPSA) is 26.0 Å². The van der Waals surface area contributed by atoms with Gasteiger partial charge in [-0.1, -0.05) is 19.1 Å². The molecule has 1 nitrogen and oxygen atoms in total. The molecule has 1 aromatic carbocycles. The summed E-state index contributed by atoms with van der Waals surface area (Å²) in [5.74, 6) is 0. The maximum absolute atomic E-state index is 5.77. The van der Waals surface area contributed by atoms with Crippen LogP contribution in [-0.4, -0.2) is 0 Å². The maximum Gasteiger partial charge on any atom is 0.0868 e. The summed E-state index contributed by atoms with van der Waals surface area (Å²) in [5, 5.41) is 2.18. The van der Waals surface area contributed by atoms with Crippen LogP contribution in [0.4, 0.5) is 5.00 Å². The minimum absolute atomic E-state index is 0.909. The van der Waals surface area contributed by atoms with Crippen molar-refractivity contribution >= 4 is 26.4 Å².